The highest BCUT2D eigenvalue weighted by Crippen LogP contribution is 2.33. The quantitative estimate of drug-likeness (QED) is 0.568. The van der Waals surface area contributed by atoms with Gasteiger partial charge in [0.25, 0.3) is 0 Å². The summed E-state index contributed by atoms with van der Waals surface area (Å²) in [5.41, 5.74) is 1.23. The number of likely N-dealkylation sites (tertiary alicyclic amines) is 1. The SMILES string of the molecule is COc1cccc(C2CCCN2CC(=O)NCCSc2ccccc2)c1. The zero-order valence-electron chi connectivity index (χ0n) is 15.2. The molecule has 0 aromatic heterocycles. The first-order valence-corrected chi connectivity index (χ1v) is 10.1. The van der Waals surface area contributed by atoms with Crippen LogP contribution in [0.1, 0.15) is 24.4 Å². The molecule has 1 aliphatic heterocycles. The van der Waals surface area contributed by atoms with E-state index in [0.29, 0.717) is 19.1 Å². The number of nitrogens with one attached hydrogen (secondary N) is 1. The van der Waals surface area contributed by atoms with Gasteiger partial charge in [-0.15, -0.1) is 11.8 Å². The Morgan fingerprint density at radius 2 is 2.08 bits per heavy atom. The molecule has 1 amide bonds. The average molecular weight is 371 g/mol. The summed E-state index contributed by atoms with van der Waals surface area (Å²) in [6, 6.07) is 18.8. The fourth-order valence-corrected chi connectivity index (χ4v) is 4.15. The van der Waals surface area contributed by atoms with Crippen molar-refractivity contribution in [2.75, 3.05) is 32.5 Å². The van der Waals surface area contributed by atoms with Crippen molar-refractivity contribution in [3.63, 3.8) is 0 Å². The summed E-state index contributed by atoms with van der Waals surface area (Å²) in [5.74, 6) is 1.86. The molecule has 0 spiro atoms. The van der Waals surface area contributed by atoms with Crippen molar-refractivity contribution in [2.45, 2.75) is 23.8 Å². The van der Waals surface area contributed by atoms with Crippen LogP contribution >= 0.6 is 11.8 Å². The van der Waals surface area contributed by atoms with E-state index in [2.05, 4.69) is 34.5 Å². The van der Waals surface area contributed by atoms with Crippen molar-refractivity contribution in [3.8, 4) is 5.75 Å². The Morgan fingerprint density at radius 3 is 2.88 bits per heavy atom. The van der Waals surface area contributed by atoms with Crippen LogP contribution in [0.2, 0.25) is 0 Å². The summed E-state index contributed by atoms with van der Waals surface area (Å²) in [6.45, 7) is 2.11. The molecular weight excluding hydrogens is 344 g/mol. The van der Waals surface area contributed by atoms with Crippen molar-refractivity contribution in [3.05, 3.63) is 60.2 Å². The van der Waals surface area contributed by atoms with Gasteiger partial charge in [-0.2, -0.15) is 0 Å². The molecule has 0 saturated carbocycles. The van der Waals surface area contributed by atoms with E-state index in [0.717, 1.165) is 30.9 Å². The number of hydrogen-bond donors (Lipinski definition) is 1. The number of ether oxygens (including phenoxy) is 1. The summed E-state index contributed by atoms with van der Waals surface area (Å²) >= 11 is 1.76. The van der Waals surface area contributed by atoms with E-state index in [1.165, 1.54) is 10.5 Å². The van der Waals surface area contributed by atoms with Crippen molar-refractivity contribution < 1.29 is 9.53 Å². The van der Waals surface area contributed by atoms with E-state index in [1.807, 2.05) is 30.3 Å². The maximum Gasteiger partial charge on any atom is 0.234 e. The molecule has 1 saturated heterocycles. The van der Waals surface area contributed by atoms with Gasteiger partial charge in [-0.3, -0.25) is 9.69 Å². The maximum absolute atomic E-state index is 12.3. The van der Waals surface area contributed by atoms with E-state index in [1.54, 1.807) is 18.9 Å². The number of nitrogens with zero attached hydrogens (tertiary/aromatic N) is 1. The first-order valence-electron chi connectivity index (χ1n) is 9.09. The number of rotatable bonds is 8. The minimum absolute atomic E-state index is 0.105. The lowest BCUT2D eigenvalue weighted by Crippen LogP contribution is -2.37. The van der Waals surface area contributed by atoms with Gasteiger partial charge in [-0.05, 0) is 49.2 Å². The number of carbonyl (C=O) groups is 1. The van der Waals surface area contributed by atoms with Crippen molar-refractivity contribution in [1.82, 2.24) is 10.2 Å². The molecule has 26 heavy (non-hydrogen) atoms. The molecule has 138 valence electrons. The summed E-state index contributed by atoms with van der Waals surface area (Å²) < 4.78 is 5.33. The molecular formula is C21H26N2O2S. The Balaban J connectivity index is 1.45. The second-order valence-electron chi connectivity index (χ2n) is 6.42. The van der Waals surface area contributed by atoms with Gasteiger partial charge in [-0.25, -0.2) is 0 Å². The van der Waals surface area contributed by atoms with Crippen LogP contribution in [-0.2, 0) is 4.79 Å². The third-order valence-electron chi connectivity index (χ3n) is 4.63. The Labute approximate surface area is 159 Å². The smallest absolute Gasteiger partial charge is 0.234 e. The first kappa shape index (κ1) is 18.8. The summed E-state index contributed by atoms with van der Waals surface area (Å²) in [6.07, 6.45) is 2.21. The molecule has 2 aromatic carbocycles. The number of thioether (sulfide) groups is 1. The molecule has 1 unspecified atom stereocenters. The summed E-state index contributed by atoms with van der Waals surface area (Å²) in [4.78, 5) is 15.8. The van der Waals surface area contributed by atoms with Gasteiger partial charge in [0.1, 0.15) is 5.75 Å². The van der Waals surface area contributed by atoms with Crippen LogP contribution in [0.3, 0.4) is 0 Å². The van der Waals surface area contributed by atoms with Gasteiger partial charge in [0.15, 0.2) is 0 Å². The zero-order valence-corrected chi connectivity index (χ0v) is 16.0. The van der Waals surface area contributed by atoms with E-state index in [4.69, 9.17) is 4.74 Å². The minimum Gasteiger partial charge on any atom is -0.497 e. The largest absolute Gasteiger partial charge is 0.497 e. The van der Waals surface area contributed by atoms with E-state index < -0.39 is 0 Å². The average Bonchev–Trinajstić information content (AvgIpc) is 3.14. The number of amides is 1. The van der Waals surface area contributed by atoms with Crippen molar-refractivity contribution in [2.24, 2.45) is 0 Å². The van der Waals surface area contributed by atoms with E-state index >= 15 is 0 Å². The lowest BCUT2D eigenvalue weighted by atomic mass is 10.0. The Kier molecular flexibility index (Phi) is 6.97. The second-order valence-corrected chi connectivity index (χ2v) is 7.58. The standard InChI is InChI=1S/C21H26N2O2S/c1-25-18-8-5-7-17(15-18)20-11-6-13-23(20)16-21(24)22-12-14-26-19-9-3-2-4-10-19/h2-5,7-10,15,20H,6,11-14,16H2,1H3,(H,22,24). The Bertz CT molecular complexity index is 708. The van der Waals surface area contributed by atoms with Crippen LogP contribution in [-0.4, -0.2) is 43.3 Å². The molecule has 1 aliphatic rings. The third kappa shape index (κ3) is 5.26. The Morgan fingerprint density at radius 1 is 1.23 bits per heavy atom. The highest BCUT2D eigenvalue weighted by Gasteiger charge is 2.27. The second kappa shape index (κ2) is 9.64. The topological polar surface area (TPSA) is 41.6 Å². The molecule has 4 nitrogen and oxygen atoms in total. The monoisotopic (exact) mass is 370 g/mol. The van der Waals surface area contributed by atoms with Crippen LogP contribution in [0.25, 0.3) is 0 Å². The van der Waals surface area contributed by atoms with Crippen molar-refractivity contribution in [1.29, 1.82) is 0 Å². The molecule has 1 atom stereocenters. The van der Waals surface area contributed by atoms with Gasteiger partial charge in [0.2, 0.25) is 5.91 Å². The summed E-state index contributed by atoms with van der Waals surface area (Å²) in [7, 11) is 1.69. The van der Waals surface area contributed by atoms with E-state index in [-0.39, 0.29) is 5.91 Å². The van der Waals surface area contributed by atoms with Gasteiger partial charge in [-0.1, -0.05) is 30.3 Å². The third-order valence-corrected chi connectivity index (χ3v) is 5.64. The molecule has 1 heterocycles. The molecule has 5 heteroatoms. The predicted octanol–water partition coefficient (Wildman–Crippen LogP) is 3.74. The molecule has 0 bridgehead atoms. The van der Waals surface area contributed by atoms with E-state index in [9.17, 15) is 4.79 Å². The minimum atomic E-state index is 0.105. The Hall–Kier alpha value is -1.98. The van der Waals surface area contributed by atoms with Gasteiger partial charge >= 0.3 is 0 Å². The van der Waals surface area contributed by atoms with Crippen LogP contribution in [0.4, 0.5) is 0 Å². The number of carbonyl (C=O) groups excluding carboxylic acids is 1. The molecule has 0 radical (unpaired) electrons. The fourth-order valence-electron chi connectivity index (χ4n) is 3.36. The highest BCUT2D eigenvalue weighted by molar-refractivity contribution is 7.99. The zero-order chi connectivity index (χ0) is 18.2. The van der Waals surface area contributed by atoms with Crippen LogP contribution in [0.5, 0.6) is 5.75 Å². The normalized spacial score (nSPS) is 17.2. The highest BCUT2D eigenvalue weighted by atomic mass is 32.2. The van der Waals surface area contributed by atoms with Crippen molar-refractivity contribution >= 4 is 17.7 Å². The number of hydrogen-bond acceptors (Lipinski definition) is 4. The first-order chi connectivity index (χ1) is 12.8. The molecule has 2 aromatic rings. The fraction of sp³-hybridized carbons (Fsp3) is 0.381. The molecule has 1 N–H and O–H groups in total. The van der Waals surface area contributed by atoms with Gasteiger partial charge < -0.3 is 10.1 Å². The van der Waals surface area contributed by atoms with Gasteiger partial charge in [0, 0.05) is 23.2 Å². The van der Waals surface area contributed by atoms with Crippen LogP contribution in [0.15, 0.2) is 59.5 Å². The number of benzene rings is 2. The van der Waals surface area contributed by atoms with Crippen LogP contribution in [0, 0.1) is 0 Å². The lowest BCUT2D eigenvalue weighted by Gasteiger charge is -2.24. The molecule has 3 rings (SSSR count). The number of methoxy groups -OCH3 is 1. The molecule has 1 fully saturated rings. The summed E-state index contributed by atoms with van der Waals surface area (Å²) in [5, 5.41) is 3.05. The van der Waals surface area contributed by atoms with Gasteiger partial charge in [0.05, 0.1) is 13.7 Å². The lowest BCUT2D eigenvalue weighted by molar-refractivity contribution is -0.122. The maximum atomic E-state index is 12.3. The molecule has 0 aliphatic carbocycles. The van der Waals surface area contributed by atoms with Crippen LogP contribution < -0.4 is 10.1 Å². The predicted molar refractivity (Wildman–Crippen MR) is 107 cm³/mol.